The van der Waals surface area contributed by atoms with Crippen molar-refractivity contribution in [2.24, 2.45) is 0 Å². The minimum absolute atomic E-state index is 0.0109. The standard InChI is InChI=1S/C13H17NO4/c15-6-4-9-1-2-12-11(13(9)18)3-5-14(12)7-10(17)8-16/h1-3,5,10,15-18H,4,6-8H2. The van der Waals surface area contributed by atoms with Crippen LogP contribution in [0.4, 0.5) is 0 Å². The first-order valence-corrected chi connectivity index (χ1v) is 5.87. The molecule has 0 aliphatic heterocycles. The zero-order valence-electron chi connectivity index (χ0n) is 9.95. The number of aliphatic hydroxyl groups excluding tert-OH is 3. The topological polar surface area (TPSA) is 85.9 Å². The Kier molecular flexibility index (Phi) is 3.86. The Morgan fingerprint density at radius 2 is 1.94 bits per heavy atom. The van der Waals surface area contributed by atoms with Gasteiger partial charge >= 0.3 is 0 Å². The zero-order valence-corrected chi connectivity index (χ0v) is 9.95. The number of aromatic nitrogens is 1. The molecule has 0 fully saturated rings. The molecular weight excluding hydrogens is 234 g/mol. The molecule has 0 bridgehead atoms. The maximum atomic E-state index is 10.0. The first kappa shape index (κ1) is 12.9. The number of hydrogen-bond donors (Lipinski definition) is 4. The predicted molar refractivity (Wildman–Crippen MR) is 67.5 cm³/mol. The first-order valence-electron chi connectivity index (χ1n) is 5.87. The summed E-state index contributed by atoms with van der Waals surface area (Å²) in [5.41, 5.74) is 1.49. The normalized spacial score (nSPS) is 13.1. The summed E-state index contributed by atoms with van der Waals surface area (Å²) in [6, 6.07) is 5.36. The second kappa shape index (κ2) is 5.39. The van der Waals surface area contributed by atoms with Crippen LogP contribution in [0.15, 0.2) is 24.4 Å². The third kappa shape index (κ3) is 2.33. The number of phenolic OH excluding ortho intramolecular Hbond substituents is 1. The number of aliphatic hydroxyl groups is 3. The summed E-state index contributed by atoms with van der Waals surface area (Å²) in [5.74, 6) is 0.166. The van der Waals surface area contributed by atoms with Crippen LogP contribution in [0, 0.1) is 0 Å². The summed E-state index contributed by atoms with van der Waals surface area (Å²) in [6.07, 6.45) is 1.35. The van der Waals surface area contributed by atoms with E-state index < -0.39 is 6.10 Å². The summed E-state index contributed by atoms with van der Waals surface area (Å²) in [5, 5.41) is 37.9. The van der Waals surface area contributed by atoms with E-state index in [2.05, 4.69) is 0 Å². The number of hydrogen-bond acceptors (Lipinski definition) is 4. The molecule has 1 aromatic heterocycles. The van der Waals surface area contributed by atoms with Crippen LogP contribution in [0.3, 0.4) is 0 Å². The average molecular weight is 251 g/mol. The molecule has 5 heteroatoms. The lowest BCUT2D eigenvalue weighted by molar-refractivity contribution is 0.0822. The minimum Gasteiger partial charge on any atom is -0.507 e. The molecule has 0 spiro atoms. The molecule has 0 aliphatic carbocycles. The molecule has 0 aliphatic rings. The molecule has 1 aromatic carbocycles. The lowest BCUT2D eigenvalue weighted by atomic mass is 10.1. The van der Waals surface area contributed by atoms with E-state index in [1.165, 1.54) is 0 Å². The molecular formula is C13H17NO4. The first-order chi connectivity index (χ1) is 8.67. The molecule has 1 unspecified atom stereocenters. The van der Waals surface area contributed by atoms with Gasteiger partial charge in [0.2, 0.25) is 0 Å². The smallest absolute Gasteiger partial charge is 0.128 e. The minimum atomic E-state index is -0.820. The van der Waals surface area contributed by atoms with E-state index >= 15 is 0 Å². The van der Waals surface area contributed by atoms with Crippen LogP contribution >= 0.6 is 0 Å². The molecule has 0 saturated heterocycles. The van der Waals surface area contributed by atoms with Crippen molar-refractivity contribution in [3.8, 4) is 5.75 Å². The maximum absolute atomic E-state index is 10.0. The van der Waals surface area contributed by atoms with Crippen LogP contribution in [-0.4, -0.2) is 44.3 Å². The van der Waals surface area contributed by atoms with E-state index in [0.717, 1.165) is 5.52 Å². The van der Waals surface area contributed by atoms with Crippen molar-refractivity contribution < 1.29 is 20.4 Å². The summed E-state index contributed by atoms with van der Waals surface area (Å²) >= 11 is 0. The van der Waals surface area contributed by atoms with Crippen LogP contribution in [0.25, 0.3) is 10.9 Å². The Morgan fingerprint density at radius 3 is 2.61 bits per heavy atom. The lowest BCUT2D eigenvalue weighted by Gasteiger charge is -2.11. The van der Waals surface area contributed by atoms with E-state index in [-0.39, 0.29) is 25.5 Å². The fourth-order valence-corrected chi connectivity index (χ4v) is 2.07. The van der Waals surface area contributed by atoms with Crippen LogP contribution < -0.4 is 0 Å². The molecule has 4 N–H and O–H groups in total. The SMILES string of the molecule is OCCc1ccc2c(ccn2CC(O)CO)c1O. The lowest BCUT2D eigenvalue weighted by Crippen LogP contribution is -2.19. The molecule has 2 aromatic rings. The van der Waals surface area contributed by atoms with E-state index in [9.17, 15) is 10.2 Å². The second-order valence-electron chi connectivity index (χ2n) is 4.28. The van der Waals surface area contributed by atoms with Crippen LogP contribution in [0.2, 0.25) is 0 Å². The van der Waals surface area contributed by atoms with Gasteiger partial charge in [-0.3, -0.25) is 0 Å². The van der Waals surface area contributed by atoms with Gasteiger partial charge in [-0.25, -0.2) is 0 Å². The Bertz CT molecular complexity index is 535. The monoisotopic (exact) mass is 251 g/mol. The van der Waals surface area contributed by atoms with Gasteiger partial charge in [0, 0.05) is 18.2 Å². The molecule has 1 atom stereocenters. The third-order valence-electron chi connectivity index (χ3n) is 3.01. The molecule has 0 saturated carbocycles. The zero-order chi connectivity index (χ0) is 13.1. The molecule has 0 amide bonds. The van der Waals surface area contributed by atoms with Crippen molar-refractivity contribution in [2.45, 2.75) is 19.1 Å². The second-order valence-corrected chi connectivity index (χ2v) is 4.28. The Morgan fingerprint density at radius 1 is 1.17 bits per heavy atom. The quantitative estimate of drug-likeness (QED) is 0.613. The summed E-state index contributed by atoms with van der Waals surface area (Å²) in [6.45, 7) is -0.0317. The Balaban J connectivity index is 2.39. The van der Waals surface area contributed by atoms with Crippen molar-refractivity contribution in [1.29, 1.82) is 0 Å². The van der Waals surface area contributed by atoms with Crippen LogP contribution in [0.1, 0.15) is 5.56 Å². The number of benzene rings is 1. The average Bonchev–Trinajstić information content (AvgIpc) is 2.77. The summed E-state index contributed by atoms with van der Waals surface area (Å²) < 4.78 is 1.78. The number of phenols is 1. The highest BCUT2D eigenvalue weighted by atomic mass is 16.3. The molecule has 1 heterocycles. The molecule has 98 valence electrons. The number of rotatable bonds is 5. The van der Waals surface area contributed by atoms with Gasteiger partial charge in [-0.05, 0) is 24.1 Å². The van der Waals surface area contributed by atoms with Gasteiger partial charge in [0.25, 0.3) is 0 Å². The molecule has 18 heavy (non-hydrogen) atoms. The van der Waals surface area contributed by atoms with Crippen molar-refractivity contribution in [2.75, 3.05) is 13.2 Å². The largest absolute Gasteiger partial charge is 0.507 e. The fourth-order valence-electron chi connectivity index (χ4n) is 2.07. The Hall–Kier alpha value is -1.56. The highest BCUT2D eigenvalue weighted by Gasteiger charge is 2.11. The summed E-state index contributed by atoms with van der Waals surface area (Å²) in [4.78, 5) is 0. The van der Waals surface area contributed by atoms with Gasteiger partial charge in [0.05, 0.1) is 24.8 Å². The predicted octanol–water partition coefficient (Wildman–Crippen LogP) is 0.235. The van der Waals surface area contributed by atoms with Gasteiger partial charge in [-0.1, -0.05) is 6.07 Å². The van der Waals surface area contributed by atoms with Crippen molar-refractivity contribution in [3.63, 3.8) is 0 Å². The van der Waals surface area contributed by atoms with Gasteiger partial charge in [-0.15, -0.1) is 0 Å². The molecule has 5 nitrogen and oxygen atoms in total. The Labute approximate surface area is 105 Å². The van der Waals surface area contributed by atoms with E-state index in [1.807, 2.05) is 6.07 Å². The van der Waals surface area contributed by atoms with E-state index in [1.54, 1.807) is 22.9 Å². The van der Waals surface area contributed by atoms with Crippen molar-refractivity contribution in [3.05, 3.63) is 30.0 Å². The highest BCUT2D eigenvalue weighted by molar-refractivity contribution is 5.87. The maximum Gasteiger partial charge on any atom is 0.128 e. The third-order valence-corrected chi connectivity index (χ3v) is 3.01. The number of nitrogens with zero attached hydrogens (tertiary/aromatic N) is 1. The van der Waals surface area contributed by atoms with Crippen molar-refractivity contribution in [1.82, 2.24) is 4.57 Å². The van der Waals surface area contributed by atoms with E-state index in [0.29, 0.717) is 17.4 Å². The fraction of sp³-hybridized carbons (Fsp3) is 0.385. The number of aromatic hydroxyl groups is 1. The molecule has 0 radical (unpaired) electrons. The number of fused-ring (bicyclic) bond motifs is 1. The van der Waals surface area contributed by atoms with E-state index in [4.69, 9.17) is 10.2 Å². The van der Waals surface area contributed by atoms with Gasteiger partial charge < -0.3 is 25.0 Å². The summed E-state index contributed by atoms with van der Waals surface area (Å²) in [7, 11) is 0. The van der Waals surface area contributed by atoms with Gasteiger partial charge in [0.15, 0.2) is 0 Å². The van der Waals surface area contributed by atoms with Crippen LogP contribution in [-0.2, 0) is 13.0 Å². The van der Waals surface area contributed by atoms with Gasteiger partial charge in [0.1, 0.15) is 5.75 Å². The van der Waals surface area contributed by atoms with Crippen molar-refractivity contribution >= 4 is 10.9 Å². The van der Waals surface area contributed by atoms with Crippen LogP contribution in [0.5, 0.6) is 5.75 Å². The molecule has 2 rings (SSSR count). The highest BCUT2D eigenvalue weighted by Crippen LogP contribution is 2.30. The van der Waals surface area contributed by atoms with Gasteiger partial charge in [-0.2, -0.15) is 0 Å².